The second-order valence-electron chi connectivity index (χ2n) is 6.19. The molecular formula is C18H18N4O2S. The lowest BCUT2D eigenvalue weighted by atomic mass is 10.2. The van der Waals surface area contributed by atoms with Gasteiger partial charge in [0.15, 0.2) is 5.82 Å². The molecule has 4 rings (SSSR count). The molecule has 1 fully saturated rings. The summed E-state index contributed by atoms with van der Waals surface area (Å²) in [6.07, 6.45) is 2.97. The van der Waals surface area contributed by atoms with Gasteiger partial charge in [-0.3, -0.25) is 4.79 Å². The van der Waals surface area contributed by atoms with Gasteiger partial charge in [-0.2, -0.15) is 4.98 Å². The van der Waals surface area contributed by atoms with Crippen LogP contribution < -0.4 is 5.32 Å². The molecule has 1 N–H and O–H groups in total. The number of carbonyl (C=O) groups excluding carboxylic acids is 1. The van der Waals surface area contributed by atoms with Crippen molar-refractivity contribution in [3.05, 3.63) is 63.2 Å². The lowest BCUT2D eigenvalue weighted by Crippen LogP contribution is -2.22. The molecule has 0 unspecified atom stereocenters. The van der Waals surface area contributed by atoms with Gasteiger partial charge in [0.2, 0.25) is 5.89 Å². The average Bonchev–Trinajstić information content (AvgIpc) is 3.25. The number of benzene rings is 1. The van der Waals surface area contributed by atoms with E-state index in [-0.39, 0.29) is 12.5 Å². The van der Waals surface area contributed by atoms with Gasteiger partial charge < -0.3 is 9.84 Å². The van der Waals surface area contributed by atoms with Crippen molar-refractivity contribution in [3.63, 3.8) is 0 Å². The number of thiazole rings is 1. The molecule has 2 heterocycles. The van der Waals surface area contributed by atoms with Crippen LogP contribution in [0, 0.1) is 6.92 Å². The molecule has 0 bridgehead atoms. The van der Waals surface area contributed by atoms with Crippen LogP contribution in [0.1, 0.15) is 56.4 Å². The quantitative estimate of drug-likeness (QED) is 0.735. The fourth-order valence-electron chi connectivity index (χ4n) is 2.59. The van der Waals surface area contributed by atoms with E-state index in [1.165, 1.54) is 16.9 Å². The number of aromatic nitrogens is 3. The summed E-state index contributed by atoms with van der Waals surface area (Å²) < 4.78 is 5.18. The van der Waals surface area contributed by atoms with Crippen molar-refractivity contribution in [2.24, 2.45) is 0 Å². The van der Waals surface area contributed by atoms with Gasteiger partial charge in [0, 0.05) is 12.3 Å². The fourth-order valence-corrected chi connectivity index (χ4v) is 3.61. The van der Waals surface area contributed by atoms with E-state index in [0.29, 0.717) is 16.7 Å². The SMILES string of the molecule is Cc1nc(Cc2ccccc2)sc1C(=O)NCc1nc(C2CC2)no1. The molecule has 1 aliphatic rings. The molecular weight excluding hydrogens is 336 g/mol. The third kappa shape index (κ3) is 3.76. The highest BCUT2D eigenvalue weighted by Gasteiger charge is 2.28. The summed E-state index contributed by atoms with van der Waals surface area (Å²) in [7, 11) is 0. The topological polar surface area (TPSA) is 80.9 Å². The van der Waals surface area contributed by atoms with E-state index in [9.17, 15) is 4.79 Å². The minimum atomic E-state index is -0.152. The standard InChI is InChI=1S/C18H18N4O2S/c1-11-16(25-15(20-11)9-12-5-3-2-4-6-12)18(23)19-10-14-21-17(22-24-14)13-7-8-13/h2-6,13H,7-10H2,1H3,(H,19,23). The van der Waals surface area contributed by atoms with Crippen molar-refractivity contribution < 1.29 is 9.32 Å². The van der Waals surface area contributed by atoms with Crippen molar-refractivity contribution in [2.75, 3.05) is 0 Å². The number of carbonyl (C=O) groups is 1. The first kappa shape index (κ1) is 16.0. The highest BCUT2D eigenvalue weighted by atomic mass is 32.1. The van der Waals surface area contributed by atoms with Crippen LogP contribution in [0.4, 0.5) is 0 Å². The zero-order valence-electron chi connectivity index (χ0n) is 13.9. The van der Waals surface area contributed by atoms with E-state index < -0.39 is 0 Å². The molecule has 0 saturated heterocycles. The maximum absolute atomic E-state index is 12.4. The first-order valence-electron chi connectivity index (χ1n) is 8.30. The summed E-state index contributed by atoms with van der Waals surface area (Å²) in [5, 5.41) is 7.72. The van der Waals surface area contributed by atoms with Gasteiger partial charge in [-0.15, -0.1) is 11.3 Å². The van der Waals surface area contributed by atoms with Crippen molar-refractivity contribution in [2.45, 2.75) is 38.6 Å². The Bertz CT molecular complexity index is 884. The molecule has 3 aromatic rings. The molecule has 1 aliphatic carbocycles. The van der Waals surface area contributed by atoms with Crippen LogP contribution in [0.15, 0.2) is 34.9 Å². The summed E-state index contributed by atoms with van der Waals surface area (Å²) in [6.45, 7) is 2.10. The minimum absolute atomic E-state index is 0.152. The van der Waals surface area contributed by atoms with Crippen molar-refractivity contribution in [3.8, 4) is 0 Å². The molecule has 1 aromatic carbocycles. The van der Waals surface area contributed by atoms with Gasteiger partial charge in [-0.05, 0) is 25.3 Å². The molecule has 0 aliphatic heterocycles. The summed E-state index contributed by atoms with van der Waals surface area (Å²) in [5.74, 6) is 1.49. The third-order valence-corrected chi connectivity index (χ3v) is 5.23. The monoisotopic (exact) mass is 354 g/mol. The van der Waals surface area contributed by atoms with Crippen LogP contribution in [0.3, 0.4) is 0 Å². The fraction of sp³-hybridized carbons (Fsp3) is 0.333. The Hall–Kier alpha value is -2.54. The number of rotatable bonds is 6. The van der Waals surface area contributed by atoms with Crippen molar-refractivity contribution in [1.29, 1.82) is 0 Å². The third-order valence-electron chi connectivity index (χ3n) is 4.07. The Morgan fingerprint density at radius 1 is 1.28 bits per heavy atom. The van der Waals surface area contributed by atoms with Crippen molar-refractivity contribution >= 4 is 17.2 Å². The molecule has 2 aromatic heterocycles. The average molecular weight is 354 g/mol. The molecule has 25 heavy (non-hydrogen) atoms. The predicted octanol–water partition coefficient (Wildman–Crippen LogP) is 3.23. The van der Waals surface area contributed by atoms with E-state index in [1.807, 2.05) is 25.1 Å². The molecule has 0 radical (unpaired) electrons. The molecule has 7 heteroatoms. The Morgan fingerprint density at radius 2 is 2.08 bits per heavy atom. The lowest BCUT2D eigenvalue weighted by Gasteiger charge is -1.99. The number of nitrogens with zero attached hydrogens (tertiary/aromatic N) is 3. The first-order valence-corrected chi connectivity index (χ1v) is 9.11. The molecule has 6 nitrogen and oxygen atoms in total. The smallest absolute Gasteiger partial charge is 0.263 e. The van der Waals surface area contributed by atoms with Crippen LogP contribution in [0.25, 0.3) is 0 Å². The van der Waals surface area contributed by atoms with Crippen LogP contribution >= 0.6 is 11.3 Å². The van der Waals surface area contributed by atoms with E-state index in [1.54, 1.807) is 0 Å². The van der Waals surface area contributed by atoms with E-state index in [2.05, 4.69) is 32.6 Å². The zero-order chi connectivity index (χ0) is 17.2. The number of nitrogens with one attached hydrogen (secondary N) is 1. The van der Waals surface area contributed by atoms with Gasteiger partial charge in [0.1, 0.15) is 4.88 Å². The highest BCUT2D eigenvalue weighted by Crippen LogP contribution is 2.38. The molecule has 0 spiro atoms. The first-order chi connectivity index (χ1) is 12.2. The Labute approximate surface area is 149 Å². The van der Waals surface area contributed by atoms with Crippen LogP contribution in [-0.2, 0) is 13.0 Å². The lowest BCUT2D eigenvalue weighted by molar-refractivity contribution is 0.0949. The second-order valence-corrected chi connectivity index (χ2v) is 7.27. The van der Waals surface area contributed by atoms with Gasteiger partial charge in [0.05, 0.1) is 17.2 Å². The predicted molar refractivity (Wildman–Crippen MR) is 93.5 cm³/mol. The normalized spacial score (nSPS) is 13.8. The van der Waals surface area contributed by atoms with Crippen LogP contribution in [-0.4, -0.2) is 21.0 Å². The Morgan fingerprint density at radius 3 is 2.84 bits per heavy atom. The minimum Gasteiger partial charge on any atom is -0.342 e. The largest absolute Gasteiger partial charge is 0.342 e. The zero-order valence-corrected chi connectivity index (χ0v) is 14.7. The highest BCUT2D eigenvalue weighted by molar-refractivity contribution is 7.13. The summed E-state index contributed by atoms with van der Waals surface area (Å²) in [4.78, 5) is 21.9. The van der Waals surface area contributed by atoms with Gasteiger partial charge >= 0.3 is 0 Å². The number of hydrogen-bond donors (Lipinski definition) is 1. The second kappa shape index (κ2) is 6.76. The molecule has 1 saturated carbocycles. The summed E-state index contributed by atoms with van der Waals surface area (Å²) >= 11 is 1.43. The van der Waals surface area contributed by atoms with E-state index in [4.69, 9.17) is 4.52 Å². The van der Waals surface area contributed by atoms with Crippen LogP contribution in [0.2, 0.25) is 0 Å². The maximum Gasteiger partial charge on any atom is 0.263 e. The Balaban J connectivity index is 1.39. The number of hydrogen-bond acceptors (Lipinski definition) is 6. The van der Waals surface area contributed by atoms with E-state index in [0.717, 1.165) is 35.8 Å². The Kier molecular flexibility index (Phi) is 4.31. The summed E-state index contributed by atoms with van der Waals surface area (Å²) in [6, 6.07) is 10.1. The molecule has 0 atom stereocenters. The number of amides is 1. The number of aryl methyl sites for hydroxylation is 1. The maximum atomic E-state index is 12.4. The molecule has 1 amide bonds. The summed E-state index contributed by atoms with van der Waals surface area (Å²) in [5.41, 5.74) is 1.93. The van der Waals surface area contributed by atoms with Gasteiger partial charge in [-0.25, -0.2) is 4.98 Å². The van der Waals surface area contributed by atoms with Gasteiger partial charge in [-0.1, -0.05) is 35.5 Å². The van der Waals surface area contributed by atoms with Crippen LogP contribution in [0.5, 0.6) is 0 Å². The molecule has 128 valence electrons. The van der Waals surface area contributed by atoms with E-state index >= 15 is 0 Å². The van der Waals surface area contributed by atoms with Crippen molar-refractivity contribution in [1.82, 2.24) is 20.4 Å². The van der Waals surface area contributed by atoms with Gasteiger partial charge in [0.25, 0.3) is 5.91 Å².